The molecule has 0 bridgehead atoms. The van der Waals surface area contributed by atoms with Crippen LogP contribution in [0.4, 0.5) is 0 Å². The van der Waals surface area contributed by atoms with Gasteiger partial charge in [0.25, 0.3) is 0 Å². The van der Waals surface area contributed by atoms with Crippen LogP contribution in [0.3, 0.4) is 0 Å². The van der Waals surface area contributed by atoms with Gasteiger partial charge in [0.15, 0.2) is 0 Å². The Balaban J connectivity index is 3.39. The first-order valence-corrected chi connectivity index (χ1v) is 37.2. The Morgan fingerprint density at radius 1 is 0.341 bits per heavy atom. The summed E-state index contributed by atoms with van der Waals surface area (Å²) >= 11 is 0. The molecule has 6 nitrogen and oxygen atoms in total. The fourth-order valence-electron chi connectivity index (χ4n) is 11.7. The topological polar surface area (TPSA) is 95.9 Å². The van der Waals surface area contributed by atoms with Gasteiger partial charge >= 0.3 is 5.97 Å². The second-order valence-electron chi connectivity index (χ2n) is 25.6. The molecule has 0 aromatic heterocycles. The lowest BCUT2D eigenvalue weighted by Crippen LogP contribution is -2.45. The van der Waals surface area contributed by atoms with Crippen molar-refractivity contribution in [2.75, 3.05) is 13.2 Å². The van der Waals surface area contributed by atoms with Crippen molar-refractivity contribution in [1.29, 1.82) is 0 Å². The second-order valence-corrected chi connectivity index (χ2v) is 25.6. The average molecular weight is 1150 g/mol. The molecule has 6 heteroatoms. The van der Waals surface area contributed by atoms with Gasteiger partial charge in [0.2, 0.25) is 5.91 Å². The quantitative estimate of drug-likeness (QED) is 0.0320. The number of rotatable bonds is 70. The van der Waals surface area contributed by atoms with E-state index in [-0.39, 0.29) is 18.5 Å². The summed E-state index contributed by atoms with van der Waals surface area (Å²) in [6, 6.07) is -0.543. The Labute approximate surface area is 513 Å². The molecule has 0 aliphatic heterocycles. The van der Waals surface area contributed by atoms with Crippen LogP contribution in [0.25, 0.3) is 0 Å². The monoisotopic (exact) mass is 1150 g/mol. The molecule has 0 saturated heterocycles. The maximum atomic E-state index is 12.5. The first kappa shape index (κ1) is 80.1. The van der Waals surface area contributed by atoms with Gasteiger partial charge in [-0.15, -0.1) is 0 Å². The molecule has 0 aromatic carbocycles. The molecule has 2 atom stereocenters. The summed E-state index contributed by atoms with van der Waals surface area (Å²) in [6.45, 7) is 4.98. The van der Waals surface area contributed by atoms with Crippen LogP contribution in [-0.2, 0) is 14.3 Å². The predicted octanol–water partition coefficient (Wildman–Crippen LogP) is 24.3. The number of hydrogen-bond acceptors (Lipinski definition) is 5. The smallest absolute Gasteiger partial charge is 0.305 e. The van der Waals surface area contributed by atoms with Gasteiger partial charge in [-0.25, -0.2) is 0 Å². The van der Waals surface area contributed by atoms with Crippen LogP contribution in [0.5, 0.6) is 0 Å². The minimum atomic E-state index is -0.666. The minimum Gasteiger partial charge on any atom is -0.466 e. The zero-order chi connectivity index (χ0) is 59.2. The van der Waals surface area contributed by atoms with E-state index in [4.69, 9.17) is 4.74 Å². The Bertz CT molecular complexity index is 1330. The molecule has 0 spiro atoms. The summed E-state index contributed by atoms with van der Waals surface area (Å²) in [5.74, 6) is -0.0226. The highest BCUT2D eigenvalue weighted by Crippen LogP contribution is 2.19. The van der Waals surface area contributed by atoms with E-state index in [1.807, 2.05) is 0 Å². The molecule has 0 saturated carbocycles. The lowest BCUT2D eigenvalue weighted by molar-refractivity contribution is -0.143. The Morgan fingerprint density at radius 2 is 0.610 bits per heavy atom. The standard InChI is InChI=1S/C76H145NO5/c1-3-5-7-9-11-13-15-17-19-21-36-40-44-48-52-56-60-64-68-74(79)73(72-78)77-75(80)69-65-61-57-53-49-45-41-37-34-32-30-28-26-24-23-25-27-29-31-33-35-39-43-47-51-55-59-63-67-71-82-76(81)70-66-62-58-54-50-46-42-38-22-20-18-16-14-12-10-8-6-4-2/h20,22-23,25,29,31,73-74,78-79H,3-19,21,24,26-28,30,32-72H2,1-2H3,(H,77,80)/b22-20-,25-23-,31-29-. The Morgan fingerprint density at radius 3 is 0.939 bits per heavy atom. The van der Waals surface area contributed by atoms with Crippen LogP contribution in [0, 0.1) is 0 Å². The number of nitrogens with one attached hydrogen (secondary N) is 1. The number of aliphatic hydroxyl groups is 2. The minimum absolute atomic E-state index is 0.00978. The van der Waals surface area contributed by atoms with Crippen molar-refractivity contribution >= 4 is 11.9 Å². The van der Waals surface area contributed by atoms with Crippen molar-refractivity contribution in [3.63, 3.8) is 0 Å². The fourth-order valence-corrected chi connectivity index (χ4v) is 11.7. The third-order valence-corrected chi connectivity index (χ3v) is 17.4. The molecule has 0 heterocycles. The van der Waals surface area contributed by atoms with Crippen molar-refractivity contribution in [2.24, 2.45) is 0 Å². The zero-order valence-electron chi connectivity index (χ0n) is 55.5. The lowest BCUT2D eigenvalue weighted by Gasteiger charge is -2.22. The van der Waals surface area contributed by atoms with Crippen LogP contribution < -0.4 is 5.32 Å². The van der Waals surface area contributed by atoms with Gasteiger partial charge in [0.05, 0.1) is 25.4 Å². The first-order valence-electron chi connectivity index (χ1n) is 37.2. The number of carbonyl (C=O) groups is 2. The number of aliphatic hydroxyl groups excluding tert-OH is 2. The van der Waals surface area contributed by atoms with E-state index in [0.717, 1.165) is 51.4 Å². The molecule has 0 fully saturated rings. The van der Waals surface area contributed by atoms with E-state index in [0.29, 0.717) is 25.9 Å². The first-order chi connectivity index (χ1) is 40.5. The van der Waals surface area contributed by atoms with Gasteiger partial charge in [0.1, 0.15) is 0 Å². The van der Waals surface area contributed by atoms with Gasteiger partial charge in [0, 0.05) is 12.8 Å². The summed E-state index contributed by atoms with van der Waals surface area (Å²) in [5.41, 5.74) is 0. The predicted molar refractivity (Wildman–Crippen MR) is 361 cm³/mol. The highest BCUT2D eigenvalue weighted by Gasteiger charge is 2.20. The number of hydrogen-bond donors (Lipinski definition) is 3. The van der Waals surface area contributed by atoms with Gasteiger partial charge < -0.3 is 20.3 Å². The van der Waals surface area contributed by atoms with Crippen LogP contribution >= 0.6 is 0 Å². The molecular formula is C76H145NO5. The van der Waals surface area contributed by atoms with E-state index in [2.05, 4.69) is 55.6 Å². The van der Waals surface area contributed by atoms with Gasteiger partial charge in [-0.2, -0.15) is 0 Å². The highest BCUT2D eigenvalue weighted by atomic mass is 16.5. The molecule has 1 amide bonds. The number of amides is 1. The molecule has 0 radical (unpaired) electrons. The fraction of sp³-hybridized carbons (Fsp3) is 0.895. The van der Waals surface area contributed by atoms with Gasteiger partial charge in [-0.05, 0) is 83.5 Å². The summed E-state index contributed by atoms with van der Waals surface area (Å²) in [4.78, 5) is 24.6. The maximum Gasteiger partial charge on any atom is 0.305 e. The molecule has 3 N–H and O–H groups in total. The van der Waals surface area contributed by atoms with E-state index < -0.39 is 12.1 Å². The maximum absolute atomic E-state index is 12.5. The van der Waals surface area contributed by atoms with Crippen molar-refractivity contribution in [3.8, 4) is 0 Å². The number of carbonyl (C=O) groups excluding carboxylic acids is 2. The average Bonchev–Trinajstić information content (AvgIpc) is 3.48. The number of esters is 1. The number of allylic oxidation sites excluding steroid dienone is 6. The van der Waals surface area contributed by atoms with Crippen molar-refractivity contribution in [3.05, 3.63) is 36.5 Å². The third kappa shape index (κ3) is 67.2. The van der Waals surface area contributed by atoms with E-state index in [1.165, 1.54) is 327 Å². The van der Waals surface area contributed by atoms with Crippen molar-refractivity contribution < 1.29 is 24.5 Å². The number of unbranched alkanes of at least 4 members (excludes halogenated alkanes) is 53. The van der Waals surface area contributed by atoms with Crippen molar-refractivity contribution in [2.45, 2.75) is 424 Å². The molecule has 82 heavy (non-hydrogen) atoms. The molecule has 0 aliphatic carbocycles. The van der Waals surface area contributed by atoms with Crippen LogP contribution in [-0.4, -0.2) is 47.4 Å². The summed E-state index contributed by atoms with van der Waals surface area (Å²) < 4.78 is 5.50. The molecule has 484 valence electrons. The van der Waals surface area contributed by atoms with Crippen LogP contribution in [0.2, 0.25) is 0 Å². The van der Waals surface area contributed by atoms with Gasteiger partial charge in [-0.3, -0.25) is 9.59 Å². The summed E-state index contributed by atoms with van der Waals surface area (Å²) in [5, 5.41) is 23.4. The Kier molecular flexibility index (Phi) is 69.9. The Hall–Kier alpha value is -1.92. The molecule has 0 aromatic rings. The lowest BCUT2D eigenvalue weighted by atomic mass is 10.0. The molecule has 0 aliphatic rings. The van der Waals surface area contributed by atoms with Crippen molar-refractivity contribution in [1.82, 2.24) is 5.32 Å². The van der Waals surface area contributed by atoms with E-state index in [9.17, 15) is 19.8 Å². The summed E-state index contributed by atoms with van der Waals surface area (Å²) in [7, 11) is 0. The number of ether oxygens (including phenoxy) is 1. The largest absolute Gasteiger partial charge is 0.466 e. The van der Waals surface area contributed by atoms with E-state index >= 15 is 0 Å². The van der Waals surface area contributed by atoms with Crippen LogP contribution in [0.15, 0.2) is 36.5 Å². The van der Waals surface area contributed by atoms with Gasteiger partial charge in [-0.1, -0.05) is 352 Å². The summed E-state index contributed by atoms with van der Waals surface area (Å²) in [6.07, 6.45) is 92.0. The van der Waals surface area contributed by atoms with E-state index in [1.54, 1.807) is 0 Å². The van der Waals surface area contributed by atoms with Crippen LogP contribution in [0.1, 0.15) is 412 Å². The second kappa shape index (κ2) is 71.6. The third-order valence-electron chi connectivity index (χ3n) is 17.4. The molecule has 2 unspecified atom stereocenters. The zero-order valence-corrected chi connectivity index (χ0v) is 55.5. The SMILES string of the molecule is CCCCCCCCC/C=C\CCCCCCCCCC(=O)OCCCCCCCCCCC/C=C\C/C=C\CCCCCCCCCCCCCCCC(=O)NC(CO)C(O)CCCCCCCCCCCCCCCCCCCC. The molecular weight excluding hydrogens is 1010 g/mol. The highest BCUT2D eigenvalue weighted by molar-refractivity contribution is 5.76. The molecule has 0 rings (SSSR count). The normalized spacial score (nSPS) is 12.7.